The molecule has 0 saturated heterocycles. The minimum absolute atomic E-state index is 0.0239. The average molecular weight is 1630 g/mol. The first-order valence-electron chi connectivity index (χ1n) is 48.3. The van der Waals surface area contributed by atoms with Crippen LogP contribution in [0.5, 0.6) is 0 Å². The van der Waals surface area contributed by atoms with Crippen LogP contribution in [0, 0.1) is 164 Å². The third-order valence-electron chi connectivity index (χ3n) is 34.1. The molecule has 0 heterocycles. The summed E-state index contributed by atoms with van der Waals surface area (Å²) in [6, 6.07) is 0. The number of esters is 6. The van der Waals surface area contributed by atoms with Gasteiger partial charge in [0.05, 0.1) is 64.5 Å². The van der Waals surface area contributed by atoms with Gasteiger partial charge in [-0.15, -0.1) is 0 Å². The fourth-order valence-electron chi connectivity index (χ4n) is 26.1. The van der Waals surface area contributed by atoms with Gasteiger partial charge >= 0.3 is 35.8 Å². The third kappa shape index (κ3) is 22.2. The second-order valence-corrected chi connectivity index (χ2v) is 43.6. The third-order valence-corrected chi connectivity index (χ3v) is 34.1. The van der Waals surface area contributed by atoms with Crippen LogP contribution in [0.1, 0.15) is 358 Å². The Balaban J connectivity index is 0.000000138. The average Bonchev–Trinajstić information content (AvgIpc) is 1.56. The lowest BCUT2D eigenvalue weighted by atomic mass is 9.55. The molecule has 18 saturated carbocycles. The highest BCUT2D eigenvalue weighted by atomic mass is 16.7. The van der Waals surface area contributed by atoms with Crippen molar-refractivity contribution >= 4 is 35.8 Å². The highest BCUT2D eigenvalue weighted by molar-refractivity contribution is 5.77. The van der Waals surface area contributed by atoms with Gasteiger partial charge in [0.25, 0.3) is 0 Å². The monoisotopic (exact) mass is 1630 g/mol. The number of carbonyl (C=O) groups is 6. The van der Waals surface area contributed by atoms with Crippen LogP contribution in [-0.4, -0.2) is 103 Å². The molecule has 0 spiro atoms. The number of ether oxygens (including phenoxy) is 11. The van der Waals surface area contributed by atoms with Gasteiger partial charge in [0.15, 0.2) is 31.5 Å². The maximum Gasteiger partial charge on any atom is 0.313 e. The summed E-state index contributed by atoms with van der Waals surface area (Å²) in [6.45, 7) is 44.7. The zero-order valence-corrected chi connectivity index (χ0v) is 77.1. The van der Waals surface area contributed by atoms with Crippen molar-refractivity contribution in [1.82, 2.24) is 0 Å². The van der Waals surface area contributed by atoms with Crippen molar-refractivity contribution < 1.29 is 80.9 Å². The molecular weight excluding hydrogens is 1460 g/mol. The molecular formula is C99H166O17. The van der Waals surface area contributed by atoms with E-state index in [1.165, 1.54) is 148 Å². The Morgan fingerprint density at radius 3 is 0.897 bits per heavy atom. The van der Waals surface area contributed by atoms with Gasteiger partial charge in [0.2, 0.25) is 0 Å². The van der Waals surface area contributed by atoms with Crippen molar-refractivity contribution in [3.05, 3.63) is 0 Å². The highest BCUT2D eigenvalue weighted by Crippen LogP contribution is 2.70. The molecule has 25 atom stereocenters. The van der Waals surface area contributed by atoms with E-state index in [0.29, 0.717) is 48.3 Å². The molecule has 0 aromatic carbocycles. The van der Waals surface area contributed by atoms with E-state index in [1.807, 2.05) is 159 Å². The predicted octanol–water partition coefficient (Wildman–Crippen LogP) is 22.6. The van der Waals surface area contributed by atoms with Crippen molar-refractivity contribution in [2.45, 2.75) is 426 Å². The number of rotatable bonds is 29. The van der Waals surface area contributed by atoms with Crippen LogP contribution in [0.25, 0.3) is 0 Å². The molecule has 0 N–H and O–H groups in total. The smallest absolute Gasteiger partial charge is 0.313 e. The molecule has 18 aliphatic rings. The van der Waals surface area contributed by atoms with E-state index < -0.39 is 35.1 Å². The van der Waals surface area contributed by atoms with Crippen LogP contribution in [-0.2, 0) is 80.9 Å². The van der Waals surface area contributed by atoms with Gasteiger partial charge in [0, 0.05) is 0 Å². The first-order valence-corrected chi connectivity index (χ1v) is 48.3. The van der Waals surface area contributed by atoms with Crippen LogP contribution in [0.15, 0.2) is 0 Å². The SMILES string of the molecule is CCC(C)(C)C(=O)OC(C)OC1C2CC3CC(C2)CC1C3.CCC(C)(C)C(=O)OC(C)OC1CC2CC1C1C3CCC(C3)C21.CCC(C)(C)C(=O)OC(C)OC1CC2CCC1C2.CCC(C)C(=O)OC(C)(C)CC.CCC(C)C(=O)OC(C)OC1C2CC3CC(C2)CC1C3.CCC(C)C(=O)OC(C)OC1CC2CC1C1C3CCC(C3)C21. The van der Waals surface area contributed by atoms with Crippen molar-refractivity contribution in [1.29, 1.82) is 0 Å². The molecule has 0 aliphatic heterocycles. The van der Waals surface area contributed by atoms with E-state index in [2.05, 4.69) is 0 Å². The van der Waals surface area contributed by atoms with Gasteiger partial charge in [0.1, 0.15) is 5.60 Å². The maximum atomic E-state index is 12.2. The molecule has 0 aromatic heterocycles. The highest BCUT2D eigenvalue weighted by Gasteiger charge is 2.65. The van der Waals surface area contributed by atoms with E-state index in [9.17, 15) is 28.8 Å². The lowest BCUT2D eigenvalue weighted by Crippen LogP contribution is -2.50. The van der Waals surface area contributed by atoms with Crippen molar-refractivity contribution in [3.63, 3.8) is 0 Å². The minimum Gasteiger partial charge on any atom is -0.459 e. The largest absolute Gasteiger partial charge is 0.459 e. The van der Waals surface area contributed by atoms with Crippen molar-refractivity contribution in [3.8, 4) is 0 Å². The first-order chi connectivity index (χ1) is 54.8. The van der Waals surface area contributed by atoms with Crippen LogP contribution < -0.4 is 0 Å². The fourth-order valence-corrected chi connectivity index (χ4v) is 26.1. The molecule has 116 heavy (non-hydrogen) atoms. The second kappa shape index (κ2) is 39.6. The fraction of sp³-hybridized carbons (Fsp3) is 0.939. The van der Waals surface area contributed by atoms with Crippen molar-refractivity contribution in [2.75, 3.05) is 0 Å². The molecule has 664 valence electrons. The quantitative estimate of drug-likeness (QED) is 0.0296. The maximum absolute atomic E-state index is 12.2. The lowest BCUT2D eigenvalue weighted by Gasteiger charge is -2.54. The topological polar surface area (TPSA) is 204 Å². The van der Waals surface area contributed by atoms with Gasteiger partial charge in [-0.05, 0) is 419 Å². The Kier molecular flexibility index (Phi) is 31.9. The predicted molar refractivity (Wildman–Crippen MR) is 451 cm³/mol. The summed E-state index contributed by atoms with van der Waals surface area (Å²) in [5.74, 6) is 18.6. The van der Waals surface area contributed by atoms with Gasteiger partial charge in [-0.25, -0.2) is 0 Å². The number of hydrogen-bond acceptors (Lipinski definition) is 17. The number of fused-ring (bicyclic) bond motifs is 20. The molecule has 18 fully saturated rings. The van der Waals surface area contributed by atoms with E-state index >= 15 is 0 Å². The molecule has 17 heteroatoms. The Morgan fingerprint density at radius 1 is 0.276 bits per heavy atom. The molecule has 0 amide bonds. The Morgan fingerprint density at radius 2 is 0.578 bits per heavy atom. The Bertz CT molecular complexity index is 3150. The second-order valence-electron chi connectivity index (χ2n) is 43.6. The summed E-state index contributed by atoms with van der Waals surface area (Å²) < 4.78 is 63.5. The summed E-state index contributed by atoms with van der Waals surface area (Å²) in [5.41, 5.74) is -1.55. The van der Waals surface area contributed by atoms with E-state index in [4.69, 9.17) is 52.1 Å². The number of carbonyl (C=O) groups excluding carboxylic acids is 6. The Hall–Kier alpha value is -3.38. The van der Waals surface area contributed by atoms with E-state index in [0.717, 1.165) is 164 Å². The van der Waals surface area contributed by atoms with Gasteiger partial charge in [-0.1, -0.05) is 69.2 Å². The van der Waals surface area contributed by atoms with Gasteiger partial charge < -0.3 is 52.1 Å². The lowest BCUT2D eigenvalue weighted by molar-refractivity contribution is -0.224. The van der Waals surface area contributed by atoms with Crippen LogP contribution >= 0.6 is 0 Å². The summed E-state index contributed by atoms with van der Waals surface area (Å²) in [6.07, 6.45) is 38.1. The zero-order chi connectivity index (χ0) is 84.4. The molecule has 18 bridgehead atoms. The molecule has 25 unspecified atom stereocenters. The first kappa shape index (κ1) is 93.3. The zero-order valence-electron chi connectivity index (χ0n) is 77.1. The Labute approximate surface area is 703 Å². The van der Waals surface area contributed by atoms with E-state index in [1.54, 1.807) is 0 Å². The molecule has 0 aromatic rings. The molecule has 18 aliphatic carbocycles. The van der Waals surface area contributed by atoms with Gasteiger partial charge in [-0.2, -0.15) is 0 Å². The van der Waals surface area contributed by atoms with Crippen LogP contribution in [0.3, 0.4) is 0 Å². The summed E-state index contributed by atoms with van der Waals surface area (Å²) >= 11 is 0. The van der Waals surface area contributed by atoms with Crippen LogP contribution in [0.4, 0.5) is 0 Å². The molecule has 17 nitrogen and oxygen atoms in total. The normalized spacial score (nSPS) is 38.8. The minimum atomic E-state index is -0.415. The summed E-state index contributed by atoms with van der Waals surface area (Å²) in [4.78, 5) is 71.4. The van der Waals surface area contributed by atoms with Gasteiger partial charge in [-0.3, -0.25) is 28.8 Å². The van der Waals surface area contributed by atoms with E-state index in [-0.39, 0.29) is 71.8 Å². The summed E-state index contributed by atoms with van der Waals surface area (Å²) in [7, 11) is 0. The summed E-state index contributed by atoms with van der Waals surface area (Å²) in [5, 5.41) is 0. The van der Waals surface area contributed by atoms with Crippen LogP contribution in [0.2, 0.25) is 0 Å². The standard InChI is InChI=1S/C20H32O3.C19H30O3.C18H30O3.C17H28O3.C15H26O3.C10H20O2/c1-5-20(3,4)19(21)23-11(2)22-16-10-14-9-15(16)18-13-7-6-12(8-13)17(14)18;1-4-10(2)19(20)22-11(3)21-16-9-14-8-15(16)18-13-6-5-12(7-13)17(14)18;1-5-18(3,4)17(19)21-11(2)20-16-14-7-12-6-13(9-14)10-15(16)8-12;1-4-10(2)17(18)20-11(3)19-16-14-6-12-5-13(8-14)9-15(16)7-12;1-5-15(3,4)14(16)18-10(2)17-13-9-11-6-7-12(13)8-11;1-6-8(3)9(11)12-10(4,5)7-2/h11-18H,5-10H2,1-4H3;10-18H,4-9H2,1-3H3;11-16H,5-10H2,1-4H3;10-16H,4-9H2,1-3H3;10-13H,5-9H2,1-4H3;8H,6-7H2,1-5H3. The molecule has 0 radical (unpaired) electrons. The molecule has 18 rings (SSSR count). The van der Waals surface area contributed by atoms with Crippen molar-refractivity contribution in [2.24, 2.45) is 164 Å². The number of hydrogen-bond donors (Lipinski definition) is 0.